The summed E-state index contributed by atoms with van der Waals surface area (Å²) < 4.78 is 2.25. The van der Waals surface area contributed by atoms with Crippen molar-refractivity contribution in [3.05, 3.63) is 113 Å². The summed E-state index contributed by atoms with van der Waals surface area (Å²) in [5.41, 5.74) is 8.50. The van der Waals surface area contributed by atoms with Crippen molar-refractivity contribution in [2.24, 2.45) is 5.10 Å². The molecule has 2 N–H and O–H groups in total. The number of fused-ring (bicyclic) bond motifs is 1. The van der Waals surface area contributed by atoms with Crippen molar-refractivity contribution in [1.82, 2.24) is 14.5 Å². The van der Waals surface area contributed by atoms with E-state index in [4.69, 9.17) is 0 Å². The van der Waals surface area contributed by atoms with Crippen LogP contribution in [0.4, 0.5) is 5.95 Å². The molecule has 0 amide bonds. The second kappa shape index (κ2) is 8.35. The minimum atomic E-state index is -0.221. The monoisotopic (exact) mass is 419 g/mol. The quantitative estimate of drug-likeness (QED) is 0.306. The molecule has 0 unspecified atom stereocenters. The first-order chi connectivity index (χ1) is 15.7. The fourth-order valence-corrected chi connectivity index (χ4v) is 3.91. The maximum absolute atomic E-state index is 11.7. The third-order valence-corrected chi connectivity index (χ3v) is 5.21. The molecule has 32 heavy (non-hydrogen) atoms. The van der Waals surface area contributed by atoms with Gasteiger partial charge in [0.1, 0.15) is 0 Å². The van der Waals surface area contributed by atoms with Gasteiger partial charge >= 0.3 is 0 Å². The summed E-state index contributed by atoms with van der Waals surface area (Å²) in [6.07, 6.45) is 1.78. The zero-order chi connectivity index (χ0) is 21.9. The number of aromatic amines is 1. The van der Waals surface area contributed by atoms with E-state index in [1.807, 2.05) is 48.5 Å². The molecule has 0 radical (unpaired) electrons. The van der Waals surface area contributed by atoms with E-state index in [0.29, 0.717) is 11.6 Å². The van der Waals surface area contributed by atoms with E-state index in [1.54, 1.807) is 13.1 Å². The van der Waals surface area contributed by atoms with Crippen molar-refractivity contribution in [1.29, 1.82) is 0 Å². The predicted molar refractivity (Wildman–Crippen MR) is 130 cm³/mol. The fourth-order valence-electron chi connectivity index (χ4n) is 3.91. The van der Waals surface area contributed by atoms with Crippen molar-refractivity contribution >= 4 is 23.1 Å². The molecule has 0 aliphatic rings. The number of nitrogens with zero attached hydrogens (tertiary/aromatic N) is 3. The molecule has 6 heteroatoms. The first kappa shape index (κ1) is 19.5. The van der Waals surface area contributed by atoms with Gasteiger partial charge in [-0.15, -0.1) is 0 Å². The van der Waals surface area contributed by atoms with Crippen LogP contribution in [-0.2, 0) is 0 Å². The van der Waals surface area contributed by atoms with Crippen LogP contribution in [0.5, 0.6) is 0 Å². The molecule has 3 aromatic carbocycles. The molecule has 0 spiro atoms. The first-order valence-corrected chi connectivity index (χ1v) is 10.3. The normalized spacial score (nSPS) is 11.3. The predicted octanol–water partition coefficient (Wildman–Crippen LogP) is 5.14. The molecular weight excluding hydrogens is 398 g/mol. The van der Waals surface area contributed by atoms with Crippen molar-refractivity contribution in [2.75, 3.05) is 5.43 Å². The van der Waals surface area contributed by atoms with Gasteiger partial charge in [0, 0.05) is 28.4 Å². The number of nitrogens with one attached hydrogen (secondary N) is 2. The minimum absolute atomic E-state index is 0.221. The van der Waals surface area contributed by atoms with Gasteiger partial charge in [-0.3, -0.25) is 9.78 Å². The Labute approximate surface area is 184 Å². The summed E-state index contributed by atoms with van der Waals surface area (Å²) in [6.45, 7) is 1.77. The standard InChI is InChI=1S/C26H21N5O/c1-18-16-24(32)29-26(28-18)30-27-17-22-21-14-8-9-15-23(21)31(20-12-6-3-7-13-20)25(22)19-10-4-2-5-11-19/h2-17H,1H3,(H2,28,29,30,32)/b27-17-. The van der Waals surface area contributed by atoms with Gasteiger partial charge in [0.2, 0.25) is 5.95 Å². The van der Waals surface area contributed by atoms with Crippen LogP contribution in [0, 0.1) is 6.92 Å². The second-order valence-electron chi connectivity index (χ2n) is 7.42. The Hall–Kier alpha value is -4.45. The summed E-state index contributed by atoms with van der Waals surface area (Å²) in [6, 6.07) is 30.2. The van der Waals surface area contributed by atoms with Gasteiger partial charge in [-0.05, 0) is 30.7 Å². The molecule has 0 bridgehead atoms. The summed E-state index contributed by atoms with van der Waals surface area (Å²) in [5, 5.41) is 5.49. The third-order valence-electron chi connectivity index (χ3n) is 5.21. The van der Waals surface area contributed by atoms with E-state index >= 15 is 0 Å². The number of para-hydroxylation sites is 2. The van der Waals surface area contributed by atoms with E-state index in [1.165, 1.54) is 6.07 Å². The van der Waals surface area contributed by atoms with Gasteiger partial charge in [0.05, 0.1) is 17.4 Å². The molecule has 2 aromatic heterocycles. The van der Waals surface area contributed by atoms with Crippen LogP contribution in [0.1, 0.15) is 11.3 Å². The lowest BCUT2D eigenvalue weighted by molar-refractivity contribution is 1.04. The van der Waals surface area contributed by atoms with Crippen LogP contribution >= 0.6 is 0 Å². The van der Waals surface area contributed by atoms with Crippen LogP contribution in [0.25, 0.3) is 27.8 Å². The Morgan fingerprint density at radius 2 is 1.62 bits per heavy atom. The molecule has 156 valence electrons. The molecule has 5 rings (SSSR count). The Morgan fingerprint density at radius 3 is 2.38 bits per heavy atom. The van der Waals surface area contributed by atoms with Gasteiger partial charge < -0.3 is 4.57 Å². The zero-order valence-electron chi connectivity index (χ0n) is 17.5. The number of aromatic nitrogens is 3. The molecule has 0 saturated carbocycles. The maximum atomic E-state index is 11.7. The highest BCUT2D eigenvalue weighted by molar-refractivity contribution is 6.07. The molecule has 0 aliphatic carbocycles. The number of benzene rings is 3. The third kappa shape index (κ3) is 3.70. The lowest BCUT2D eigenvalue weighted by Gasteiger charge is -2.12. The highest BCUT2D eigenvalue weighted by Crippen LogP contribution is 2.35. The maximum Gasteiger partial charge on any atom is 0.252 e. The molecule has 2 heterocycles. The molecule has 0 saturated heterocycles. The topological polar surface area (TPSA) is 75.1 Å². The number of anilines is 1. The number of hydrogen-bond acceptors (Lipinski definition) is 4. The fraction of sp³-hybridized carbons (Fsp3) is 0.0385. The van der Waals surface area contributed by atoms with Gasteiger partial charge in [0.15, 0.2) is 0 Å². The highest BCUT2D eigenvalue weighted by Gasteiger charge is 2.18. The number of hydrazone groups is 1. The van der Waals surface area contributed by atoms with Gasteiger partial charge in [-0.2, -0.15) is 5.10 Å². The summed E-state index contributed by atoms with van der Waals surface area (Å²) >= 11 is 0. The average Bonchev–Trinajstić information content (AvgIpc) is 3.14. The van der Waals surface area contributed by atoms with Crippen LogP contribution in [0.2, 0.25) is 0 Å². The van der Waals surface area contributed by atoms with Crippen LogP contribution in [-0.4, -0.2) is 20.7 Å². The SMILES string of the molecule is Cc1cc(=O)[nH]c(N/N=C\c2c(-c3ccccc3)n(-c3ccccc3)c3ccccc23)n1. The van der Waals surface area contributed by atoms with Crippen molar-refractivity contribution < 1.29 is 0 Å². The summed E-state index contributed by atoms with van der Waals surface area (Å²) in [5.74, 6) is 0.305. The number of hydrogen-bond donors (Lipinski definition) is 2. The average molecular weight is 419 g/mol. The lowest BCUT2D eigenvalue weighted by atomic mass is 10.1. The largest absolute Gasteiger partial charge is 0.309 e. The van der Waals surface area contributed by atoms with Crippen LogP contribution < -0.4 is 11.0 Å². The molecule has 0 fully saturated rings. The first-order valence-electron chi connectivity index (χ1n) is 10.3. The Morgan fingerprint density at radius 1 is 0.938 bits per heavy atom. The van der Waals surface area contributed by atoms with Crippen LogP contribution in [0.3, 0.4) is 0 Å². The Bertz CT molecular complexity index is 1470. The smallest absolute Gasteiger partial charge is 0.252 e. The second-order valence-corrected chi connectivity index (χ2v) is 7.42. The lowest BCUT2D eigenvalue weighted by Crippen LogP contribution is -2.10. The number of rotatable bonds is 5. The summed E-state index contributed by atoms with van der Waals surface area (Å²) in [7, 11) is 0. The van der Waals surface area contributed by atoms with Gasteiger partial charge in [-0.1, -0.05) is 66.7 Å². The molecule has 0 aliphatic heterocycles. The van der Waals surface area contributed by atoms with Crippen molar-refractivity contribution in [3.63, 3.8) is 0 Å². The van der Waals surface area contributed by atoms with Crippen molar-refractivity contribution in [2.45, 2.75) is 6.92 Å². The van der Waals surface area contributed by atoms with E-state index in [-0.39, 0.29) is 5.56 Å². The molecular formula is C26H21N5O. The Balaban J connectivity index is 1.70. The van der Waals surface area contributed by atoms with Crippen LogP contribution in [0.15, 0.2) is 101 Å². The van der Waals surface area contributed by atoms with Gasteiger partial charge in [-0.25, -0.2) is 10.4 Å². The summed E-state index contributed by atoms with van der Waals surface area (Å²) in [4.78, 5) is 18.7. The number of H-pyrrole nitrogens is 1. The van der Waals surface area contributed by atoms with Crippen molar-refractivity contribution in [3.8, 4) is 16.9 Å². The van der Waals surface area contributed by atoms with E-state index in [9.17, 15) is 4.79 Å². The minimum Gasteiger partial charge on any atom is -0.309 e. The van der Waals surface area contributed by atoms with E-state index < -0.39 is 0 Å². The molecule has 6 nitrogen and oxygen atoms in total. The Kier molecular flexibility index (Phi) is 5.09. The molecule has 0 atom stereocenters. The zero-order valence-corrected chi connectivity index (χ0v) is 17.5. The van der Waals surface area contributed by atoms with E-state index in [2.05, 4.69) is 61.5 Å². The number of aryl methyl sites for hydroxylation is 1. The highest BCUT2D eigenvalue weighted by atomic mass is 16.1. The molecule has 5 aromatic rings. The van der Waals surface area contributed by atoms with E-state index in [0.717, 1.165) is 33.4 Å². The van der Waals surface area contributed by atoms with Gasteiger partial charge in [0.25, 0.3) is 5.56 Å².